The second-order valence-electron chi connectivity index (χ2n) is 6.61. The van der Waals surface area contributed by atoms with Crippen molar-refractivity contribution in [2.45, 2.75) is 18.8 Å². The van der Waals surface area contributed by atoms with Gasteiger partial charge in [-0.2, -0.15) is 5.10 Å². The molecule has 1 aliphatic rings. The number of benzene rings is 2. The van der Waals surface area contributed by atoms with Crippen molar-refractivity contribution >= 4 is 23.5 Å². The van der Waals surface area contributed by atoms with Gasteiger partial charge in [0.05, 0.1) is 18.1 Å². The Kier molecular flexibility index (Phi) is 5.44. The third-order valence-corrected chi connectivity index (χ3v) is 5.99. The summed E-state index contributed by atoms with van der Waals surface area (Å²) in [6.07, 6.45) is 0. The van der Waals surface area contributed by atoms with E-state index in [-0.39, 0.29) is 29.3 Å². The number of thioether (sulfide) groups is 1. The zero-order valence-corrected chi connectivity index (χ0v) is 16.8. The first kappa shape index (κ1) is 19.3. The number of hydrogen-bond acceptors (Lipinski definition) is 5. The highest BCUT2D eigenvalue weighted by molar-refractivity contribution is 8.00. The number of ether oxygens (including phenoxy) is 2. The average molecular weight is 413 g/mol. The Morgan fingerprint density at radius 1 is 1.24 bits per heavy atom. The van der Waals surface area contributed by atoms with Crippen LogP contribution >= 0.6 is 11.8 Å². The Hall–Kier alpha value is -3.00. The first-order valence-electron chi connectivity index (χ1n) is 9.08. The van der Waals surface area contributed by atoms with Crippen molar-refractivity contribution in [3.8, 4) is 11.5 Å². The zero-order chi connectivity index (χ0) is 20.4. The fourth-order valence-corrected chi connectivity index (χ4v) is 4.54. The number of aromatic nitrogens is 2. The van der Waals surface area contributed by atoms with E-state index < -0.39 is 0 Å². The van der Waals surface area contributed by atoms with Crippen molar-refractivity contribution in [2.24, 2.45) is 0 Å². The van der Waals surface area contributed by atoms with Gasteiger partial charge in [-0.25, -0.2) is 4.39 Å². The summed E-state index contributed by atoms with van der Waals surface area (Å²) in [5, 5.41) is 9.80. The van der Waals surface area contributed by atoms with Gasteiger partial charge in [0.1, 0.15) is 12.4 Å². The number of rotatable bonds is 5. The van der Waals surface area contributed by atoms with Crippen LogP contribution in [0.4, 0.5) is 10.2 Å². The summed E-state index contributed by atoms with van der Waals surface area (Å²) in [6.45, 7) is 1.97. The average Bonchev–Trinajstić information content (AvgIpc) is 2.98. The van der Waals surface area contributed by atoms with Crippen LogP contribution in [0.1, 0.15) is 27.6 Å². The molecule has 2 N–H and O–H groups in total. The van der Waals surface area contributed by atoms with Gasteiger partial charge in [0.15, 0.2) is 17.3 Å². The van der Waals surface area contributed by atoms with Crippen molar-refractivity contribution in [3.63, 3.8) is 0 Å². The molecule has 0 spiro atoms. The molecule has 1 aliphatic heterocycles. The molecule has 1 atom stereocenters. The monoisotopic (exact) mass is 413 g/mol. The minimum absolute atomic E-state index is 0.0613. The van der Waals surface area contributed by atoms with Crippen molar-refractivity contribution in [2.75, 3.05) is 18.2 Å². The molecule has 0 saturated carbocycles. The van der Waals surface area contributed by atoms with Gasteiger partial charge in [0.25, 0.3) is 0 Å². The molecule has 0 saturated heterocycles. The van der Waals surface area contributed by atoms with Gasteiger partial charge in [0.2, 0.25) is 5.91 Å². The maximum atomic E-state index is 14.1. The van der Waals surface area contributed by atoms with E-state index in [1.165, 1.54) is 17.8 Å². The zero-order valence-electron chi connectivity index (χ0n) is 16.0. The molecule has 150 valence electrons. The molecule has 0 fully saturated rings. The molecule has 0 aliphatic carbocycles. The number of carbonyl (C=O) groups excluding carboxylic acids is 1. The van der Waals surface area contributed by atoms with Crippen LogP contribution in [0.5, 0.6) is 11.5 Å². The molecule has 29 heavy (non-hydrogen) atoms. The number of aromatic amines is 1. The van der Waals surface area contributed by atoms with E-state index in [4.69, 9.17) is 9.47 Å². The summed E-state index contributed by atoms with van der Waals surface area (Å²) < 4.78 is 25.6. The summed E-state index contributed by atoms with van der Waals surface area (Å²) in [5.41, 5.74) is 3.05. The fourth-order valence-electron chi connectivity index (χ4n) is 3.33. The van der Waals surface area contributed by atoms with E-state index in [9.17, 15) is 9.18 Å². The lowest BCUT2D eigenvalue weighted by Crippen LogP contribution is -2.12. The molecule has 4 rings (SSSR count). The first-order chi connectivity index (χ1) is 14.1. The molecule has 3 aromatic rings. The lowest BCUT2D eigenvalue weighted by Gasteiger charge is -2.21. The van der Waals surface area contributed by atoms with Gasteiger partial charge in [-0.3, -0.25) is 9.89 Å². The molecule has 1 amide bonds. The second kappa shape index (κ2) is 8.16. The molecule has 0 radical (unpaired) electrons. The topological polar surface area (TPSA) is 76.2 Å². The fraction of sp³-hybridized carbons (Fsp3) is 0.238. The van der Waals surface area contributed by atoms with E-state index >= 15 is 0 Å². The molecular formula is C21H20FN3O3S. The standard InChI is InChI=1S/C21H20FN3O3S/c1-12-18-20(29-11-17(26)23-21(18)25-24-12)14-7-5-9-16(27-2)19(14)28-10-13-6-3-4-8-15(13)22/h3-9,20H,10-11H2,1-2H3,(H2,23,24,25,26). The quantitative estimate of drug-likeness (QED) is 0.655. The highest BCUT2D eigenvalue weighted by Crippen LogP contribution is 2.47. The highest BCUT2D eigenvalue weighted by Gasteiger charge is 2.31. The van der Waals surface area contributed by atoms with Crippen LogP contribution in [0.25, 0.3) is 0 Å². The van der Waals surface area contributed by atoms with Gasteiger partial charge in [-0.15, -0.1) is 11.8 Å². The minimum atomic E-state index is -0.324. The number of hydrogen-bond donors (Lipinski definition) is 2. The van der Waals surface area contributed by atoms with Crippen LogP contribution in [0.3, 0.4) is 0 Å². The summed E-state index contributed by atoms with van der Waals surface area (Å²) in [6, 6.07) is 12.1. The number of aryl methyl sites for hydroxylation is 1. The molecule has 1 unspecified atom stereocenters. The molecule has 2 aromatic carbocycles. The van der Waals surface area contributed by atoms with Gasteiger partial charge >= 0.3 is 0 Å². The number of nitrogens with zero attached hydrogens (tertiary/aromatic N) is 1. The van der Waals surface area contributed by atoms with Crippen molar-refractivity contribution < 1.29 is 18.7 Å². The van der Waals surface area contributed by atoms with Crippen LogP contribution in [0.2, 0.25) is 0 Å². The maximum absolute atomic E-state index is 14.1. The minimum Gasteiger partial charge on any atom is -0.493 e. The van der Waals surface area contributed by atoms with Gasteiger partial charge in [0, 0.05) is 22.4 Å². The predicted octanol–water partition coefficient (Wildman–Crippen LogP) is 4.22. The summed E-state index contributed by atoms with van der Waals surface area (Å²) in [7, 11) is 1.56. The number of nitrogens with one attached hydrogen (secondary N) is 2. The van der Waals surface area contributed by atoms with E-state index in [1.54, 1.807) is 31.4 Å². The Morgan fingerprint density at radius 2 is 2.07 bits per heavy atom. The van der Waals surface area contributed by atoms with Gasteiger partial charge in [-0.05, 0) is 19.1 Å². The van der Waals surface area contributed by atoms with Crippen molar-refractivity contribution in [1.82, 2.24) is 10.2 Å². The number of halogens is 1. The summed E-state index contributed by atoms with van der Waals surface area (Å²) in [5.74, 6) is 1.44. The number of amides is 1. The predicted molar refractivity (Wildman–Crippen MR) is 110 cm³/mol. The number of para-hydroxylation sites is 1. The van der Waals surface area contributed by atoms with Crippen LogP contribution in [-0.2, 0) is 11.4 Å². The van der Waals surface area contributed by atoms with Crippen LogP contribution in [0, 0.1) is 12.7 Å². The Morgan fingerprint density at radius 3 is 2.86 bits per heavy atom. The number of fused-ring (bicyclic) bond motifs is 1. The van der Waals surface area contributed by atoms with Crippen LogP contribution in [-0.4, -0.2) is 29.0 Å². The van der Waals surface area contributed by atoms with E-state index in [0.717, 1.165) is 16.8 Å². The first-order valence-corrected chi connectivity index (χ1v) is 10.1. The third-order valence-electron chi connectivity index (χ3n) is 4.74. The number of H-pyrrole nitrogens is 1. The molecule has 6 nitrogen and oxygen atoms in total. The van der Waals surface area contributed by atoms with E-state index in [1.807, 2.05) is 19.1 Å². The number of anilines is 1. The maximum Gasteiger partial charge on any atom is 0.235 e. The van der Waals surface area contributed by atoms with Gasteiger partial charge in [-0.1, -0.05) is 30.3 Å². The third kappa shape index (κ3) is 3.80. The lowest BCUT2D eigenvalue weighted by molar-refractivity contribution is -0.113. The highest BCUT2D eigenvalue weighted by atomic mass is 32.2. The Labute approximate surface area is 171 Å². The number of carbonyl (C=O) groups is 1. The molecule has 0 bridgehead atoms. The molecule has 1 aromatic heterocycles. The van der Waals surface area contributed by atoms with E-state index in [2.05, 4.69) is 15.5 Å². The van der Waals surface area contributed by atoms with E-state index in [0.29, 0.717) is 22.9 Å². The molecule has 2 heterocycles. The lowest BCUT2D eigenvalue weighted by atomic mass is 10.0. The summed E-state index contributed by atoms with van der Waals surface area (Å²) >= 11 is 1.48. The smallest absolute Gasteiger partial charge is 0.235 e. The van der Waals surface area contributed by atoms with Crippen LogP contribution in [0.15, 0.2) is 42.5 Å². The van der Waals surface area contributed by atoms with Gasteiger partial charge < -0.3 is 14.8 Å². The SMILES string of the molecule is COc1cccc(C2SCC(=O)Nc3n[nH]c(C)c32)c1OCc1ccccc1F. The summed E-state index contributed by atoms with van der Waals surface area (Å²) in [4.78, 5) is 12.1. The second-order valence-corrected chi connectivity index (χ2v) is 7.70. The molecular weight excluding hydrogens is 393 g/mol. The normalized spacial score (nSPS) is 16.0. The Bertz CT molecular complexity index is 1050. The van der Waals surface area contributed by atoms with Crippen LogP contribution < -0.4 is 14.8 Å². The van der Waals surface area contributed by atoms with Crippen molar-refractivity contribution in [3.05, 3.63) is 70.7 Å². The number of methoxy groups -OCH3 is 1. The largest absolute Gasteiger partial charge is 0.493 e. The van der Waals surface area contributed by atoms with Crippen molar-refractivity contribution in [1.29, 1.82) is 0 Å². The molecule has 8 heteroatoms. The Balaban J connectivity index is 1.75.